The molecule has 0 spiro atoms. The lowest BCUT2D eigenvalue weighted by atomic mass is 10.2. The first-order valence-electron chi connectivity index (χ1n) is 8.07. The zero-order valence-corrected chi connectivity index (χ0v) is 16.6. The predicted molar refractivity (Wildman–Crippen MR) is 101 cm³/mol. The quantitative estimate of drug-likeness (QED) is 0.594. The molecule has 0 amide bonds. The molecule has 0 saturated heterocycles. The third kappa shape index (κ3) is 4.83. The Labute approximate surface area is 151 Å². The van der Waals surface area contributed by atoms with Crippen molar-refractivity contribution in [2.24, 2.45) is 4.40 Å². The van der Waals surface area contributed by atoms with E-state index in [2.05, 4.69) is 9.38 Å². The minimum absolute atomic E-state index is 0.425. The van der Waals surface area contributed by atoms with Gasteiger partial charge in [0.2, 0.25) is 0 Å². The van der Waals surface area contributed by atoms with E-state index < -0.39 is 27.8 Å². The van der Waals surface area contributed by atoms with Gasteiger partial charge < -0.3 is 9.29 Å². The van der Waals surface area contributed by atoms with Gasteiger partial charge >= 0.3 is 6.09 Å². The van der Waals surface area contributed by atoms with Crippen LogP contribution in [0.5, 0.6) is 0 Å². The standard InChI is InChI=1S/C18H25N3O3S/c1-12(20-25(23)18(5,6)7)13-8-9-15-14(19-13)10-11-21(15)16(22)24-17(2,3)4/h8-11H,1-7H3/t25-/m1/s1. The van der Waals surface area contributed by atoms with Crippen molar-refractivity contribution in [2.75, 3.05) is 0 Å². The Hall–Kier alpha value is -1.86. The van der Waals surface area contributed by atoms with E-state index in [1.807, 2.05) is 41.5 Å². The molecule has 0 saturated carbocycles. The molecule has 0 aliphatic carbocycles. The second-order valence-corrected chi connectivity index (χ2v) is 9.71. The molecular formula is C18H25N3O3S. The maximum absolute atomic E-state index is 12.3. The topological polar surface area (TPSA) is 79.5 Å². The molecule has 1 atom stereocenters. The molecule has 7 heteroatoms. The Balaban J connectivity index is 2.33. The highest BCUT2D eigenvalue weighted by Crippen LogP contribution is 2.20. The number of hydrogen-bond donors (Lipinski definition) is 0. The van der Waals surface area contributed by atoms with Gasteiger partial charge in [-0.25, -0.2) is 9.78 Å². The number of hydrogen-bond acceptors (Lipinski definition) is 5. The molecule has 0 radical (unpaired) electrons. The Morgan fingerprint density at radius 1 is 1.20 bits per heavy atom. The van der Waals surface area contributed by atoms with Crippen molar-refractivity contribution in [2.45, 2.75) is 58.8 Å². The van der Waals surface area contributed by atoms with Crippen LogP contribution in [0.1, 0.15) is 54.2 Å². The average Bonchev–Trinajstić information content (AvgIpc) is 2.87. The first-order chi connectivity index (χ1) is 11.4. The fourth-order valence-electron chi connectivity index (χ4n) is 2.00. The van der Waals surface area contributed by atoms with Gasteiger partial charge in [-0.2, -0.15) is 0 Å². The number of ether oxygens (including phenoxy) is 1. The zero-order valence-electron chi connectivity index (χ0n) is 15.8. The van der Waals surface area contributed by atoms with Gasteiger partial charge in [-0.15, -0.1) is 0 Å². The Morgan fingerprint density at radius 2 is 1.84 bits per heavy atom. The summed E-state index contributed by atoms with van der Waals surface area (Å²) in [6.45, 7) is 12.9. The maximum Gasteiger partial charge on any atom is 0.419 e. The van der Waals surface area contributed by atoms with Crippen LogP contribution in [0.2, 0.25) is 0 Å². The molecule has 2 heterocycles. The maximum atomic E-state index is 12.3. The van der Waals surface area contributed by atoms with Crippen molar-refractivity contribution in [3.05, 3.63) is 30.1 Å². The van der Waals surface area contributed by atoms with E-state index in [-0.39, 0.29) is 0 Å². The largest absolute Gasteiger partial charge is 0.591 e. The smallest absolute Gasteiger partial charge is 0.419 e. The molecule has 136 valence electrons. The molecule has 0 aliphatic rings. The van der Waals surface area contributed by atoms with Crippen LogP contribution in [0.25, 0.3) is 11.0 Å². The first-order valence-corrected chi connectivity index (χ1v) is 9.18. The van der Waals surface area contributed by atoms with E-state index in [1.54, 1.807) is 31.3 Å². The molecule has 2 aromatic heterocycles. The van der Waals surface area contributed by atoms with Crippen molar-refractivity contribution in [1.29, 1.82) is 0 Å². The highest BCUT2D eigenvalue weighted by molar-refractivity contribution is 7.91. The van der Waals surface area contributed by atoms with Crippen molar-refractivity contribution >= 4 is 34.2 Å². The fraction of sp³-hybridized carbons (Fsp3) is 0.500. The van der Waals surface area contributed by atoms with E-state index in [4.69, 9.17) is 4.74 Å². The van der Waals surface area contributed by atoms with Crippen molar-refractivity contribution in [3.8, 4) is 0 Å². The van der Waals surface area contributed by atoms with Crippen molar-refractivity contribution in [3.63, 3.8) is 0 Å². The first kappa shape index (κ1) is 19.5. The number of aromatic nitrogens is 2. The van der Waals surface area contributed by atoms with Gasteiger partial charge in [0, 0.05) is 6.20 Å². The van der Waals surface area contributed by atoms with Crippen LogP contribution < -0.4 is 0 Å². The Kier molecular flexibility index (Phi) is 5.30. The molecule has 6 nitrogen and oxygen atoms in total. The molecule has 0 aromatic carbocycles. The lowest BCUT2D eigenvalue weighted by molar-refractivity contribution is 0.0544. The molecule has 0 bridgehead atoms. The van der Waals surface area contributed by atoms with Crippen LogP contribution in [0.15, 0.2) is 28.8 Å². The van der Waals surface area contributed by atoms with E-state index >= 15 is 0 Å². The number of pyridine rings is 1. The highest BCUT2D eigenvalue weighted by atomic mass is 32.2. The monoisotopic (exact) mass is 363 g/mol. The third-order valence-corrected chi connectivity index (χ3v) is 4.74. The summed E-state index contributed by atoms with van der Waals surface area (Å²) in [5.41, 5.74) is 1.97. The van der Waals surface area contributed by atoms with Gasteiger partial charge in [-0.1, -0.05) is 4.40 Å². The summed E-state index contributed by atoms with van der Waals surface area (Å²) in [5.74, 6) is 0. The Bertz CT molecular complexity index is 813. The minimum atomic E-state index is -1.35. The van der Waals surface area contributed by atoms with Crippen LogP contribution in [-0.4, -0.2) is 36.3 Å². The number of carbonyl (C=O) groups is 1. The second-order valence-electron chi connectivity index (χ2n) is 7.81. The minimum Gasteiger partial charge on any atom is -0.591 e. The van der Waals surface area contributed by atoms with E-state index in [1.165, 1.54) is 4.57 Å². The molecule has 0 N–H and O–H groups in total. The van der Waals surface area contributed by atoms with Crippen LogP contribution >= 0.6 is 0 Å². The van der Waals surface area contributed by atoms with Crippen LogP contribution in [-0.2, 0) is 16.1 Å². The van der Waals surface area contributed by atoms with E-state index in [9.17, 15) is 9.35 Å². The molecule has 0 unspecified atom stereocenters. The molecule has 0 aliphatic heterocycles. The summed E-state index contributed by atoms with van der Waals surface area (Å²) in [7, 11) is 0. The average molecular weight is 363 g/mol. The third-order valence-electron chi connectivity index (χ3n) is 3.25. The summed E-state index contributed by atoms with van der Waals surface area (Å²) in [4.78, 5) is 16.8. The SMILES string of the molecule is CC(=N[S@+]([O-])C(C)(C)C)c1ccc2c(ccn2C(=O)OC(C)(C)C)n1. The molecule has 2 rings (SSSR count). The van der Waals surface area contributed by atoms with Crippen molar-refractivity contribution in [1.82, 2.24) is 9.55 Å². The predicted octanol–water partition coefficient (Wildman–Crippen LogP) is 4.09. The second kappa shape index (κ2) is 6.80. The summed E-state index contributed by atoms with van der Waals surface area (Å²) >= 11 is -1.35. The van der Waals surface area contributed by atoms with Crippen LogP contribution in [0.3, 0.4) is 0 Å². The van der Waals surface area contributed by atoms with Crippen molar-refractivity contribution < 1.29 is 14.1 Å². The van der Waals surface area contributed by atoms with Gasteiger partial charge in [-0.05, 0) is 66.7 Å². The lowest BCUT2D eigenvalue weighted by Gasteiger charge is -2.19. The zero-order chi connectivity index (χ0) is 19.0. The number of nitrogens with zero attached hydrogens (tertiary/aromatic N) is 3. The summed E-state index contributed by atoms with van der Waals surface area (Å²) in [6, 6.07) is 5.30. The molecule has 2 aromatic rings. The molecule has 25 heavy (non-hydrogen) atoms. The summed E-state index contributed by atoms with van der Waals surface area (Å²) < 4.78 is 22.8. The molecular weight excluding hydrogens is 338 g/mol. The number of fused-ring (bicyclic) bond motifs is 1. The van der Waals surface area contributed by atoms with Crippen LogP contribution in [0.4, 0.5) is 4.79 Å². The van der Waals surface area contributed by atoms with Crippen LogP contribution in [0, 0.1) is 0 Å². The highest BCUT2D eigenvalue weighted by Gasteiger charge is 2.27. The van der Waals surface area contributed by atoms with E-state index in [0.717, 1.165) is 0 Å². The van der Waals surface area contributed by atoms with E-state index in [0.29, 0.717) is 22.4 Å². The normalized spacial score (nSPS) is 14.6. The van der Waals surface area contributed by atoms with Gasteiger partial charge in [0.05, 0.1) is 16.7 Å². The van der Waals surface area contributed by atoms with Gasteiger partial charge in [0.15, 0.2) is 0 Å². The van der Waals surface area contributed by atoms with Gasteiger partial charge in [-0.3, -0.25) is 4.57 Å². The Morgan fingerprint density at radius 3 is 2.40 bits per heavy atom. The summed E-state index contributed by atoms with van der Waals surface area (Å²) in [6.07, 6.45) is 1.19. The lowest BCUT2D eigenvalue weighted by Crippen LogP contribution is -2.27. The molecule has 0 fully saturated rings. The van der Waals surface area contributed by atoms with Gasteiger partial charge in [0.1, 0.15) is 27.4 Å². The summed E-state index contributed by atoms with van der Waals surface area (Å²) in [5, 5.41) is 0. The van der Waals surface area contributed by atoms with Gasteiger partial charge in [0.25, 0.3) is 0 Å². The number of carbonyl (C=O) groups excluding carboxylic acids is 1. The fourth-order valence-corrected chi connectivity index (χ4v) is 2.62. The number of rotatable bonds is 2.